The predicted molar refractivity (Wildman–Crippen MR) is 130 cm³/mol. The Morgan fingerprint density at radius 3 is 2.65 bits per heavy atom. The molecule has 1 aliphatic rings. The van der Waals surface area contributed by atoms with Gasteiger partial charge in [-0.05, 0) is 49.9 Å². The summed E-state index contributed by atoms with van der Waals surface area (Å²) >= 11 is 1.32. The van der Waals surface area contributed by atoms with E-state index in [0.29, 0.717) is 33.9 Å². The number of thiazole rings is 1. The summed E-state index contributed by atoms with van der Waals surface area (Å²) in [6.07, 6.45) is 2.35. The molecule has 0 radical (unpaired) electrons. The highest BCUT2D eigenvalue weighted by Crippen LogP contribution is 2.38. The van der Waals surface area contributed by atoms with Crippen LogP contribution in [-0.4, -0.2) is 24.6 Å². The quantitative estimate of drug-likeness (QED) is 0.411. The lowest BCUT2D eigenvalue weighted by Crippen LogP contribution is -2.25. The molecule has 1 aliphatic carbocycles. The Morgan fingerprint density at radius 2 is 2.00 bits per heavy atom. The number of ether oxygens (including phenoxy) is 2. The van der Waals surface area contributed by atoms with Crippen molar-refractivity contribution in [1.82, 2.24) is 10.3 Å². The highest BCUT2D eigenvalue weighted by molar-refractivity contribution is 7.15. The first-order valence-electron chi connectivity index (χ1n) is 10.7. The standard InChI is InChI=1S/C24H25F2N3O3S.ClH/c1-13(27)22-21(23(30)28-11-16-5-7-17(25)10-18(16)26)29-24(33-22)15-6-8-19(31-2)20(9-15)32-12-14-3-4-14;/h5-10,13-14H,3-4,11-12,27H2,1-2H3,(H,28,30);1H/t13-;/m0./s1. The van der Waals surface area contributed by atoms with Crippen molar-refractivity contribution < 1.29 is 23.0 Å². The molecule has 0 spiro atoms. The first kappa shape index (κ1) is 25.9. The third-order valence-electron chi connectivity index (χ3n) is 5.32. The van der Waals surface area contributed by atoms with Crippen LogP contribution in [-0.2, 0) is 6.54 Å². The SMILES string of the molecule is COc1ccc(-c2nc(C(=O)NCc3ccc(F)cc3F)c([C@H](C)N)s2)cc1OCC1CC1.Cl. The van der Waals surface area contributed by atoms with Crippen molar-refractivity contribution in [3.8, 4) is 22.1 Å². The van der Waals surface area contributed by atoms with Gasteiger partial charge < -0.3 is 20.5 Å². The van der Waals surface area contributed by atoms with Crippen LogP contribution in [0.3, 0.4) is 0 Å². The molecule has 1 atom stereocenters. The number of methoxy groups -OCH3 is 1. The zero-order chi connectivity index (χ0) is 23.5. The minimum Gasteiger partial charge on any atom is -0.493 e. The van der Waals surface area contributed by atoms with Crippen LogP contribution in [0.1, 0.15) is 46.7 Å². The molecule has 1 heterocycles. The molecule has 0 aliphatic heterocycles. The Bertz CT molecular complexity index is 1170. The lowest BCUT2D eigenvalue weighted by atomic mass is 10.2. The van der Waals surface area contributed by atoms with Crippen molar-refractivity contribution >= 4 is 29.7 Å². The fourth-order valence-corrected chi connectivity index (χ4v) is 4.28. The van der Waals surface area contributed by atoms with Crippen molar-refractivity contribution in [1.29, 1.82) is 0 Å². The number of nitrogens with zero attached hydrogens (tertiary/aromatic N) is 1. The van der Waals surface area contributed by atoms with E-state index in [2.05, 4.69) is 10.3 Å². The van der Waals surface area contributed by atoms with E-state index in [1.165, 1.54) is 30.2 Å². The van der Waals surface area contributed by atoms with E-state index in [-0.39, 0.29) is 30.2 Å². The van der Waals surface area contributed by atoms with Gasteiger partial charge in [-0.25, -0.2) is 13.8 Å². The van der Waals surface area contributed by atoms with Gasteiger partial charge in [0.05, 0.1) is 18.6 Å². The van der Waals surface area contributed by atoms with Gasteiger partial charge in [0.15, 0.2) is 11.5 Å². The number of halogens is 3. The largest absolute Gasteiger partial charge is 0.493 e. The monoisotopic (exact) mass is 509 g/mol. The highest BCUT2D eigenvalue weighted by Gasteiger charge is 2.24. The van der Waals surface area contributed by atoms with Crippen molar-refractivity contribution in [2.24, 2.45) is 11.7 Å². The summed E-state index contributed by atoms with van der Waals surface area (Å²) < 4.78 is 38.4. The number of carbonyl (C=O) groups excluding carboxylic acids is 1. The molecule has 0 unspecified atom stereocenters. The molecule has 4 rings (SSSR count). The highest BCUT2D eigenvalue weighted by atomic mass is 35.5. The molecule has 6 nitrogen and oxygen atoms in total. The van der Waals surface area contributed by atoms with Gasteiger partial charge in [0.2, 0.25) is 0 Å². The van der Waals surface area contributed by atoms with E-state index in [1.54, 1.807) is 14.0 Å². The first-order chi connectivity index (χ1) is 15.9. The lowest BCUT2D eigenvalue weighted by Gasteiger charge is -2.11. The summed E-state index contributed by atoms with van der Waals surface area (Å²) in [6.45, 7) is 2.31. The predicted octanol–water partition coefficient (Wildman–Crippen LogP) is 5.26. The molecule has 1 aromatic heterocycles. The van der Waals surface area contributed by atoms with Gasteiger partial charge in [0.1, 0.15) is 22.3 Å². The van der Waals surface area contributed by atoms with Crippen LogP contribution in [0.5, 0.6) is 11.5 Å². The van der Waals surface area contributed by atoms with Crippen LogP contribution >= 0.6 is 23.7 Å². The molecule has 1 saturated carbocycles. The topological polar surface area (TPSA) is 86.5 Å². The minimum atomic E-state index is -0.723. The maximum Gasteiger partial charge on any atom is 0.271 e. The Balaban J connectivity index is 0.00000324. The summed E-state index contributed by atoms with van der Waals surface area (Å²) in [7, 11) is 1.59. The average molecular weight is 510 g/mol. The molecular formula is C24H26ClF2N3O3S. The molecule has 0 saturated heterocycles. The Kier molecular flexibility index (Phi) is 8.46. The van der Waals surface area contributed by atoms with Crippen LogP contribution < -0.4 is 20.5 Å². The Hall–Kier alpha value is -2.75. The van der Waals surface area contributed by atoms with Crippen molar-refractivity contribution in [2.75, 3.05) is 13.7 Å². The zero-order valence-corrected chi connectivity index (χ0v) is 20.4. The third-order valence-corrected chi connectivity index (χ3v) is 6.62. The number of hydrogen-bond acceptors (Lipinski definition) is 6. The van der Waals surface area contributed by atoms with Gasteiger partial charge >= 0.3 is 0 Å². The van der Waals surface area contributed by atoms with Gasteiger partial charge in [0, 0.05) is 29.8 Å². The molecule has 1 amide bonds. The van der Waals surface area contributed by atoms with Gasteiger partial charge in [-0.3, -0.25) is 4.79 Å². The maximum atomic E-state index is 13.9. The molecular weight excluding hydrogens is 484 g/mol. The van der Waals surface area contributed by atoms with E-state index in [1.807, 2.05) is 18.2 Å². The molecule has 10 heteroatoms. The van der Waals surface area contributed by atoms with Crippen molar-refractivity contribution in [3.05, 3.63) is 64.2 Å². The fourth-order valence-electron chi connectivity index (χ4n) is 3.27. The summed E-state index contributed by atoms with van der Waals surface area (Å²) in [5, 5.41) is 3.26. The Labute approximate surface area is 206 Å². The molecule has 2 aromatic carbocycles. The number of hydrogen-bond donors (Lipinski definition) is 2. The van der Waals surface area contributed by atoms with Gasteiger partial charge in [-0.1, -0.05) is 6.07 Å². The molecule has 1 fully saturated rings. The maximum absolute atomic E-state index is 13.9. The van der Waals surface area contributed by atoms with Crippen LogP contribution in [0.15, 0.2) is 36.4 Å². The van der Waals surface area contributed by atoms with Gasteiger partial charge in [-0.2, -0.15) is 0 Å². The summed E-state index contributed by atoms with van der Waals surface area (Å²) in [5.74, 6) is -0.0409. The second-order valence-corrected chi connectivity index (χ2v) is 9.09. The first-order valence-corrected chi connectivity index (χ1v) is 11.5. The summed E-state index contributed by atoms with van der Waals surface area (Å²) in [6, 6.07) is 8.30. The third kappa shape index (κ3) is 6.02. The molecule has 0 bridgehead atoms. The second kappa shape index (κ2) is 11.1. The van der Waals surface area contributed by atoms with Gasteiger partial charge in [0.25, 0.3) is 5.91 Å². The number of rotatable bonds is 9. The number of benzene rings is 2. The van der Waals surface area contributed by atoms with E-state index in [0.717, 1.165) is 17.7 Å². The molecule has 34 heavy (non-hydrogen) atoms. The van der Waals surface area contributed by atoms with Crippen LogP contribution in [0.4, 0.5) is 8.78 Å². The second-order valence-electron chi connectivity index (χ2n) is 8.06. The number of aromatic nitrogens is 1. The summed E-state index contributed by atoms with van der Waals surface area (Å²) in [4.78, 5) is 18.0. The van der Waals surface area contributed by atoms with Crippen LogP contribution in [0.25, 0.3) is 10.6 Å². The number of amides is 1. The average Bonchev–Trinajstić information content (AvgIpc) is 3.51. The van der Waals surface area contributed by atoms with Gasteiger partial charge in [-0.15, -0.1) is 23.7 Å². The summed E-state index contributed by atoms with van der Waals surface area (Å²) in [5.41, 5.74) is 7.23. The molecule has 182 valence electrons. The van der Waals surface area contributed by atoms with Crippen LogP contribution in [0.2, 0.25) is 0 Å². The van der Waals surface area contributed by atoms with Crippen molar-refractivity contribution in [2.45, 2.75) is 32.4 Å². The van der Waals surface area contributed by atoms with Crippen molar-refractivity contribution in [3.63, 3.8) is 0 Å². The normalized spacial score (nSPS) is 13.7. The Morgan fingerprint density at radius 1 is 1.24 bits per heavy atom. The van der Waals surface area contributed by atoms with E-state index in [4.69, 9.17) is 15.2 Å². The van der Waals surface area contributed by atoms with E-state index < -0.39 is 23.6 Å². The molecule has 3 aromatic rings. The number of carbonyl (C=O) groups is 1. The number of nitrogens with one attached hydrogen (secondary N) is 1. The smallest absolute Gasteiger partial charge is 0.271 e. The van der Waals surface area contributed by atoms with E-state index in [9.17, 15) is 13.6 Å². The fraction of sp³-hybridized carbons (Fsp3) is 0.333. The lowest BCUT2D eigenvalue weighted by molar-refractivity contribution is 0.0945. The zero-order valence-electron chi connectivity index (χ0n) is 18.8. The minimum absolute atomic E-state index is 0. The van der Waals surface area contributed by atoms with E-state index >= 15 is 0 Å². The van der Waals surface area contributed by atoms with Crippen LogP contribution in [0, 0.1) is 17.6 Å². The number of nitrogens with two attached hydrogens (primary N) is 1. The molecule has 3 N–H and O–H groups in total.